The molecule has 0 fully saturated rings. The molecule has 0 radical (unpaired) electrons. The van der Waals surface area contributed by atoms with Crippen LogP contribution in [-0.4, -0.2) is 18.2 Å². The molecular weight excluding hydrogens is 260 g/mol. The number of benzene rings is 2. The van der Waals surface area contributed by atoms with E-state index in [0.717, 1.165) is 18.7 Å². The Morgan fingerprint density at radius 1 is 1.05 bits per heavy atom. The van der Waals surface area contributed by atoms with Crippen LogP contribution in [0.2, 0.25) is 0 Å². The molecular formula is C18H20N2O. The molecule has 0 amide bonds. The average Bonchev–Trinajstić information content (AvgIpc) is 2.87. The zero-order chi connectivity index (χ0) is 14.7. The second-order valence-corrected chi connectivity index (χ2v) is 5.19. The van der Waals surface area contributed by atoms with Crippen molar-refractivity contribution in [2.75, 3.05) is 13.7 Å². The van der Waals surface area contributed by atoms with E-state index in [1.165, 1.54) is 22.0 Å². The highest BCUT2D eigenvalue weighted by Crippen LogP contribution is 2.23. The van der Waals surface area contributed by atoms with Crippen LogP contribution >= 0.6 is 0 Å². The zero-order valence-electron chi connectivity index (χ0n) is 12.3. The third kappa shape index (κ3) is 2.78. The fourth-order valence-electron chi connectivity index (χ4n) is 2.74. The molecule has 0 aliphatic heterocycles. The van der Waals surface area contributed by atoms with Gasteiger partial charge in [-0.2, -0.15) is 0 Å². The van der Waals surface area contributed by atoms with Crippen LogP contribution < -0.4 is 10.5 Å². The summed E-state index contributed by atoms with van der Waals surface area (Å²) in [6.07, 6.45) is 3.14. The predicted molar refractivity (Wildman–Crippen MR) is 86.8 cm³/mol. The van der Waals surface area contributed by atoms with Gasteiger partial charge in [-0.05, 0) is 42.3 Å². The van der Waals surface area contributed by atoms with Crippen molar-refractivity contribution in [2.24, 2.45) is 5.73 Å². The number of para-hydroxylation sites is 1. The zero-order valence-corrected chi connectivity index (χ0v) is 12.3. The molecule has 0 saturated carbocycles. The van der Waals surface area contributed by atoms with Crippen molar-refractivity contribution in [1.29, 1.82) is 0 Å². The molecule has 2 N–H and O–H groups in total. The van der Waals surface area contributed by atoms with Gasteiger partial charge in [0.1, 0.15) is 5.75 Å². The van der Waals surface area contributed by atoms with E-state index in [1.54, 1.807) is 7.11 Å². The van der Waals surface area contributed by atoms with E-state index in [1.807, 2.05) is 12.1 Å². The van der Waals surface area contributed by atoms with Gasteiger partial charge in [-0.15, -0.1) is 0 Å². The summed E-state index contributed by atoms with van der Waals surface area (Å²) in [5, 5.41) is 1.30. The maximum atomic E-state index is 5.72. The molecule has 2 aromatic carbocycles. The average molecular weight is 280 g/mol. The summed E-state index contributed by atoms with van der Waals surface area (Å²) in [6, 6.07) is 16.7. The highest BCUT2D eigenvalue weighted by molar-refractivity contribution is 5.84. The van der Waals surface area contributed by atoms with Gasteiger partial charge >= 0.3 is 0 Å². The number of nitrogens with two attached hydrogens (primary N) is 1. The van der Waals surface area contributed by atoms with Gasteiger partial charge < -0.3 is 15.0 Å². The van der Waals surface area contributed by atoms with E-state index in [4.69, 9.17) is 10.5 Å². The van der Waals surface area contributed by atoms with E-state index < -0.39 is 0 Å². The fourth-order valence-corrected chi connectivity index (χ4v) is 2.74. The molecule has 3 rings (SSSR count). The number of hydrogen-bond acceptors (Lipinski definition) is 2. The third-order valence-corrected chi connectivity index (χ3v) is 3.80. The number of methoxy groups -OCH3 is 1. The van der Waals surface area contributed by atoms with Crippen molar-refractivity contribution in [2.45, 2.75) is 13.0 Å². The minimum Gasteiger partial charge on any atom is -0.497 e. The highest BCUT2D eigenvalue weighted by Gasteiger charge is 2.07. The lowest BCUT2D eigenvalue weighted by Gasteiger charge is -2.06. The van der Waals surface area contributed by atoms with E-state index in [-0.39, 0.29) is 0 Å². The standard InChI is InChI=1S/C18H20N2O/c1-21-16-8-6-14(7-9-16)12-20-13-15(10-11-19)17-4-2-3-5-18(17)20/h2-9,13H,10-12,19H2,1H3. The van der Waals surface area contributed by atoms with Crippen LogP contribution in [0, 0.1) is 0 Å². The van der Waals surface area contributed by atoms with Crippen LogP contribution in [0.5, 0.6) is 5.75 Å². The first-order valence-electron chi connectivity index (χ1n) is 7.21. The SMILES string of the molecule is COc1ccc(Cn2cc(CCN)c3ccccc32)cc1. The van der Waals surface area contributed by atoms with Gasteiger partial charge in [0.05, 0.1) is 7.11 Å². The Labute approximate surface area is 125 Å². The smallest absolute Gasteiger partial charge is 0.118 e. The molecule has 21 heavy (non-hydrogen) atoms. The van der Waals surface area contributed by atoms with Crippen LogP contribution in [0.4, 0.5) is 0 Å². The first kappa shape index (κ1) is 13.7. The Hall–Kier alpha value is -2.26. The normalized spacial score (nSPS) is 11.0. The maximum absolute atomic E-state index is 5.72. The topological polar surface area (TPSA) is 40.2 Å². The molecule has 0 aliphatic rings. The number of ether oxygens (including phenoxy) is 1. The predicted octanol–water partition coefficient (Wildman–Crippen LogP) is 3.20. The van der Waals surface area contributed by atoms with Crippen molar-refractivity contribution >= 4 is 10.9 Å². The summed E-state index contributed by atoms with van der Waals surface area (Å²) in [5.41, 5.74) is 9.56. The van der Waals surface area contributed by atoms with Gasteiger partial charge in [0.15, 0.2) is 0 Å². The molecule has 0 bridgehead atoms. The van der Waals surface area contributed by atoms with E-state index >= 15 is 0 Å². The molecule has 0 aliphatic carbocycles. The quantitative estimate of drug-likeness (QED) is 0.779. The number of rotatable bonds is 5. The molecule has 1 aromatic heterocycles. The second-order valence-electron chi connectivity index (χ2n) is 5.19. The van der Waals surface area contributed by atoms with Crippen LogP contribution in [0.1, 0.15) is 11.1 Å². The highest BCUT2D eigenvalue weighted by atomic mass is 16.5. The summed E-state index contributed by atoms with van der Waals surface area (Å²) in [5.74, 6) is 0.889. The second kappa shape index (κ2) is 6.02. The Morgan fingerprint density at radius 3 is 2.52 bits per heavy atom. The third-order valence-electron chi connectivity index (χ3n) is 3.80. The minimum absolute atomic E-state index is 0.677. The summed E-state index contributed by atoms with van der Waals surface area (Å²) in [7, 11) is 1.69. The van der Waals surface area contributed by atoms with Gasteiger partial charge in [-0.3, -0.25) is 0 Å². The summed E-state index contributed by atoms with van der Waals surface area (Å²) in [4.78, 5) is 0. The lowest BCUT2D eigenvalue weighted by atomic mass is 10.1. The number of nitrogens with zero attached hydrogens (tertiary/aromatic N) is 1. The first-order valence-corrected chi connectivity index (χ1v) is 7.21. The monoisotopic (exact) mass is 280 g/mol. The maximum Gasteiger partial charge on any atom is 0.118 e. The Balaban J connectivity index is 1.95. The first-order chi connectivity index (χ1) is 10.3. The largest absolute Gasteiger partial charge is 0.497 e. The van der Waals surface area contributed by atoms with Crippen molar-refractivity contribution in [3.63, 3.8) is 0 Å². The van der Waals surface area contributed by atoms with Crippen molar-refractivity contribution < 1.29 is 4.74 Å². The summed E-state index contributed by atoms with van der Waals surface area (Å²) in [6.45, 7) is 1.53. The van der Waals surface area contributed by atoms with Crippen molar-refractivity contribution in [3.05, 3.63) is 65.9 Å². The molecule has 3 aromatic rings. The molecule has 3 nitrogen and oxygen atoms in total. The number of hydrogen-bond donors (Lipinski definition) is 1. The van der Waals surface area contributed by atoms with Gasteiger partial charge in [0.25, 0.3) is 0 Å². The number of fused-ring (bicyclic) bond motifs is 1. The lowest BCUT2D eigenvalue weighted by molar-refractivity contribution is 0.414. The van der Waals surface area contributed by atoms with Crippen molar-refractivity contribution in [3.8, 4) is 5.75 Å². The molecule has 0 unspecified atom stereocenters. The molecule has 108 valence electrons. The Bertz CT molecular complexity index is 729. The summed E-state index contributed by atoms with van der Waals surface area (Å²) < 4.78 is 7.50. The van der Waals surface area contributed by atoms with E-state index in [9.17, 15) is 0 Å². The van der Waals surface area contributed by atoms with E-state index in [0.29, 0.717) is 6.54 Å². The fraction of sp³-hybridized carbons (Fsp3) is 0.222. The van der Waals surface area contributed by atoms with Gasteiger partial charge in [-0.1, -0.05) is 30.3 Å². The molecule has 0 saturated heterocycles. The summed E-state index contributed by atoms with van der Waals surface area (Å²) >= 11 is 0. The Morgan fingerprint density at radius 2 is 1.81 bits per heavy atom. The van der Waals surface area contributed by atoms with Gasteiger partial charge in [0.2, 0.25) is 0 Å². The van der Waals surface area contributed by atoms with Crippen molar-refractivity contribution in [1.82, 2.24) is 4.57 Å². The molecule has 3 heteroatoms. The minimum atomic E-state index is 0.677. The molecule has 0 atom stereocenters. The van der Waals surface area contributed by atoms with Crippen LogP contribution in [0.3, 0.4) is 0 Å². The van der Waals surface area contributed by atoms with E-state index in [2.05, 4.69) is 47.2 Å². The van der Waals surface area contributed by atoms with Crippen LogP contribution in [-0.2, 0) is 13.0 Å². The molecule has 1 heterocycles. The van der Waals surface area contributed by atoms with Crippen LogP contribution in [0.15, 0.2) is 54.7 Å². The van der Waals surface area contributed by atoms with Gasteiger partial charge in [0, 0.05) is 23.6 Å². The van der Waals surface area contributed by atoms with Gasteiger partial charge in [-0.25, -0.2) is 0 Å². The number of aromatic nitrogens is 1. The van der Waals surface area contributed by atoms with Crippen LogP contribution in [0.25, 0.3) is 10.9 Å². The lowest BCUT2D eigenvalue weighted by Crippen LogP contribution is -2.02. The molecule has 0 spiro atoms. The Kier molecular flexibility index (Phi) is 3.93.